The highest BCUT2D eigenvalue weighted by atomic mass is 16.6. The molecule has 1 unspecified atom stereocenters. The van der Waals surface area contributed by atoms with Gasteiger partial charge in [0.2, 0.25) is 0 Å². The van der Waals surface area contributed by atoms with E-state index in [1.807, 2.05) is 0 Å². The fraction of sp³-hybridized carbons (Fsp3) is 0.596. The van der Waals surface area contributed by atoms with Gasteiger partial charge < -0.3 is 14.2 Å². The quantitative estimate of drug-likeness (QED) is 0.0267. The lowest BCUT2D eigenvalue weighted by Gasteiger charge is -2.18. The molecule has 0 aromatic heterocycles. The molecule has 0 N–H and O–H groups in total. The number of esters is 3. The van der Waals surface area contributed by atoms with Gasteiger partial charge in [0.05, 0.1) is 0 Å². The van der Waals surface area contributed by atoms with Crippen molar-refractivity contribution in [3.63, 3.8) is 0 Å². The molecular formula is C52H82O6. The summed E-state index contributed by atoms with van der Waals surface area (Å²) in [6.07, 6.45) is 60.9. The maximum atomic E-state index is 12.7. The lowest BCUT2D eigenvalue weighted by molar-refractivity contribution is -0.167. The Morgan fingerprint density at radius 2 is 0.672 bits per heavy atom. The van der Waals surface area contributed by atoms with Gasteiger partial charge in [-0.1, -0.05) is 169 Å². The first kappa shape index (κ1) is 54.1. The Morgan fingerprint density at radius 3 is 1.09 bits per heavy atom. The number of hydrogen-bond donors (Lipinski definition) is 0. The molecule has 326 valence electrons. The Hall–Kier alpha value is -3.93. The van der Waals surface area contributed by atoms with E-state index in [4.69, 9.17) is 14.2 Å². The van der Waals surface area contributed by atoms with E-state index in [9.17, 15) is 14.4 Å². The molecule has 0 fully saturated rings. The van der Waals surface area contributed by atoms with E-state index >= 15 is 0 Å². The van der Waals surface area contributed by atoms with E-state index < -0.39 is 6.10 Å². The van der Waals surface area contributed by atoms with Gasteiger partial charge in [-0.25, -0.2) is 0 Å². The second-order valence-electron chi connectivity index (χ2n) is 14.5. The first-order valence-electron chi connectivity index (χ1n) is 22.9. The van der Waals surface area contributed by atoms with Crippen LogP contribution in [0.5, 0.6) is 0 Å². The Labute approximate surface area is 355 Å². The number of carbonyl (C=O) groups excluding carboxylic acids is 3. The predicted molar refractivity (Wildman–Crippen MR) is 247 cm³/mol. The third-order valence-electron chi connectivity index (χ3n) is 9.02. The van der Waals surface area contributed by atoms with Gasteiger partial charge in [-0.2, -0.15) is 0 Å². The van der Waals surface area contributed by atoms with Crippen molar-refractivity contribution in [3.8, 4) is 0 Å². The van der Waals surface area contributed by atoms with Crippen molar-refractivity contribution in [1.82, 2.24) is 0 Å². The SMILES string of the molecule is CC/C=C\C/C=C\C/C=C\C/C=C\C/C=C\CCCCCC(=O)OCC(COC(=O)CCCCCCCC)OC(=O)CCCC/C=C\C/C=C\C/C=C\C/C=C\CC. The molecule has 0 spiro atoms. The number of unbranched alkanes of at least 4 members (excludes halogenated alkanes) is 10. The zero-order valence-corrected chi connectivity index (χ0v) is 37.0. The summed E-state index contributed by atoms with van der Waals surface area (Å²) in [6, 6.07) is 0. The van der Waals surface area contributed by atoms with Gasteiger partial charge in [-0.15, -0.1) is 0 Å². The summed E-state index contributed by atoms with van der Waals surface area (Å²) in [5.74, 6) is -1.01. The van der Waals surface area contributed by atoms with Gasteiger partial charge in [-0.3, -0.25) is 14.4 Å². The van der Waals surface area contributed by atoms with Gasteiger partial charge in [0.1, 0.15) is 13.2 Å². The van der Waals surface area contributed by atoms with Crippen molar-refractivity contribution in [2.24, 2.45) is 0 Å². The number of allylic oxidation sites excluding steroid dienone is 18. The van der Waals surface area contributed by atoms with Crippen LogP contribution in [-0.4, -0.2) is 37.2 Å². The van der Waals surface area contributed by atoms with Crippen LogP contribution in [0, 0.1) is 0 Å². The summed E-state index contributed by atoms with van der Waals surface area (Å²) < 4.78 is 16.6. The summed E-state index contributed by atoms with van der Waals surface area (Å²) in [4.78, 5) is 37.6. The molecule has 0 radical (unpaired) electrons. The number of carbonyl (C=O) groups is 3. The van der Waals surface area contributed by atoms with E-state index in [1.165, 1.54) is 19.3 Å². The summed E-state index contributed by atoms with van der Waals surface area (Å²) >= 11 is 0. The minimum atomic E-state index is -0.811. The molecule has 0 saturated carbocycles. The molecule has 0 aromatic carbocycles. The fourth-order valence-electron chi connectivity index (χ4n) is 5.63. The summed E-state index contributed by atoms with van der Waals surface area (Å²) in [7, 11) is 0. The van der Waals surface area contributed by atoms with Gasteiger partial charge >= 0.3 is 17.9 Å². The smallest absolute Gasteiger partial charge is 0.306 e. The minimum Gasteiger partial charge on any atom is -0.462 e. The Balaban J connectivity index is 4.42. The van der Waals surface area contributed by atoms with Crippen LogP contribution in [0.15, 0.2) is 109 Å². The predicted octanol–water partition coefficient (Wildman–Crippen LogP) is 14.8. The van der Waals surface area contributed by atoms with Crippen molar-refractivity contribution in [2.75, 3.05) is 13.2 Å². The molecule has 0 aliphatic carbocycles. The van der Waals surface area contributed by atoms with Crippen molar-refractivity contribution in [2.45, 2.75) is 187 Å². The van der Waals surface area contributed by atoms with Crippen LogP contribution in [-0.2, 0) is 28.6 Å². The molecule has 0 amide bonds. The van der Waals surface area contributed by atoms with Gasteiger partial charge in [0.15, 0.2) is 6.10 Å². The van der Waals surface area contributed by atoms with Crippen LogP contribution in [0.25, 0.3) is 0 Å². The molecule has 0 aromatic rings. The molecule has 0 rings (SSSR count). The fourth-order valence-corrected chi connectivity index (χ4v) is 5.63. The zero-order valence-electron chi connectivity index (χ0n) is 37.0. The van der Waals surface area contributed by atoms with Gasteiger partial charge in [0, 0.05) is 19.3 Å². The monoisotopic (exact) mass is 803 g/mol. The lowest BCUT2D eigenvalue weighted by atomic mass is 10.1. The van der Waals surface area contributed by atoms with E-state index in [0.717, 1.165) is 116 Å². The van der Waals surface area contributed by atoms with E-state index in [-0.39, 0.29) is 37.5 Å². The third kappa shape index (κ3) is 43.2. The summed E-state index contributed by atoms with van der Waals surface area (Å²) in [5, 5.41) is 0. The minimum absolute atomic E-state index is 0.108. The zero-order chi connectivity index (χ0) is 42.3. The molecule has 0 saturated heterocycles. The first-order chi connectivity index (χ1) is 28.5. The average molecular weight is 803 g/mol. The standard InChI is InChI=1S/C52H82O6/c1-4-7-10-13-16-18-20-22-24-25-26-27-29-30-32-34-36-39-42-45-51(54)57-48-49(47-56-50(53)44-41-38-15-12-9-6-3)58-52(55)46-43-40-37-35-33-31-28-23-21-19-17-14-11-8-5-2/h7-8,10-11,16-19,22-24,26-28,30,32-33,35,49H,4-6,9,12-15,20-21,25,29,31,34,36-48H2,1-3H3/b10-7-,11-8-,18-16-,19-17-,24-22-,27-26-,28-23-,32-30-,35-33-. The summed E-state index contributed by atoms with van der Waals surface area (Å²) in [5.41, 5.74) is 0. The highest BCUT2D eigenvalue weighted by Crippen LogP contribution is 2.11. The Bertz CT molecular complexity index is 1240. The van der Waals surface area contributed by atoms with Gasteiger partial charge in [0.25, 0.3) is 0 Å². The molecule has 6 nitrogen and oxygen atoms in total. The van der Waals surface area contributed by atoms with Crippen molar-refractivity contribution < 1.29 is 28.6 Å². The highest BCUT2D eigenvalue weighted by molar-refractivity contribution is 5.71. The second-order valence-corrected chi connectivity index (χ2v) is 14.5. The maximum Gasteiger partial charge on any atom is 0.306 e. The highest BCUT2D eigenvalue weighted by Gasteiger charge is 2.19. The molecule has 0 bridgehead atoms. The van der Waals surface area contributed by atoms with Crippen LogP contribution in [0.3, 0.4) is 0 Å². The molecule has 0 aliphatic heterocycles. The Kier molecular flexibility index (Phi) is 42.7. The van der Waals surface area contributed by atoms with Crippen LogP contribution in [0.1, 0.15) is 181 Å². The molecule has 0 aliphatic rings. The molecule has 0 heterocycles. The summed E-state index contributed by atoms with van der Waals surface area (Å²) in [6.45, 7) is 6.25. The van der Waals surface area contributed by atoms with Crippen LogP contribution in [0.4, 0.5) is 0 Å². The average Bonchev–Trinajstić information content (AvgIpc) is 3.22. The number of hydrogen-bond acceptors (Lipinski definition) is 6. The largest absolute Gasteiger partial charge is 0.462 e. The maximum absolute atomic E-state index is 12.7. The van der Waals surface area contributed by atoms with E-state index in [2.05, 4.69) is 130 Å². The topological polar surface area (TPSA) is 78.9 Å². The van der Waals surface area contributed by atoms with E-state index in [0.29, 0.717) is 19.3 Å². The number of rotatable bonds is 39. The molecule has 58 heavy (non-hydrogen) atoms. The normalized spacial score (nSPS) is 13.1. The Morgan fingerprint density at radius 1 is 0.362 bits per heavy atom. The molecule has 1 atom stereocenters. The lowest BCUT2D eigenvalue weighted by Crippen LogP contribution is -2.30. The molecule has 6 heteroatoms. The van der Waals surface area contributed by atoms with E-state index in [1.54, 1.807) is 0 Å². The van der Waals surface area contributed by atoms with Crippen molar-refractivity contribution in [1.29, 1.82) is 0 Å². The van der Waals surface area contributed by atoms with Gasteiger partial charge in [-0.05, 0) is 103 Å². The van der Waals surface area contributed by atoms with Crippen molar-refractivity contribution in [3.05, 3.63) is 109 Å². The van der Waals surface area contributed by atoms with Crippen LogP contribution < -0.4 is 0 Å². The third-order valence-corrected chi connectivity index (χ3v) is 9.02. The van der Waals surface area contributed by atoms with Crippen LogP contribution >= 0.6 is 0 Å². The van der Waals surface area contributed by atoms with Crippen molar-refractivity contribution >= 4 is 17.9 Å². The second kappa shape index (κ2) is 45.8. The van der Waals surface area contributed by atoms with Crippen LogP contribution in [0.2, 0.25) is 0 Å². The number of ether oxygens (including phenoxy) is 3. The first-order valence-corrected chi connectivity index (χ1v) is 22.9. The molecular weight excluding hydrogens is 721 g/mol.